The van der Waals surface area contributed by atoms with Gasteiger partial charge in [-0.2, -0.15) is 0 Å². The number of carbonyl (C=O) groups is 2. The molecule has 1 aliphatic heterocycles. The Kier molecular flexibility index (Phi) is 4.99. The first-order valence-electron chi connectivity index (χ1n) is 6.92. The lowest BCUT2D eigenvalue weighted by Crippen LogP contribution is -2.27. The largest absolute Gasteiger partial charge is 0.507 e. The number of imide groups is 1. The van der Waals surface area contributed by atoms with Crippen LogP contribution < -0.4 is 0 Å². The summed E-state index contributed by atoms with van der Waals surface area (Å²) >= 11 is 10.1. The van der Waals surface area contributed by atoms with Crippen molar-refractivity contribution in [3.05, 3.63) is 68.0 Å². The molecular formula is C17H11BrClNO3S. The molecule has 2 amide bonds. The average Bonchev–Trinajstić information content (AvgIpc) is 2.79. The molecule has 1 fully saturated rings. The number of benzene rings is 2. The second kappa shape index (κ2) is 7.01. The highest BCUT2D eigenvalue weighted by Gasteiger charge is 2.34. The number of halogens is 2. The predicted molar refractivity (Wildman–Crippen MR) is 98.8 cm³/mol. The maximum atomic E-state index is 12.5. The summed E-state index contributed by atoms with van der Waals surface area (Å²) in [6, 6.07) is 11.9. The molecule has 0 aliphatic carbocycles. The first kappa shape index (κ1) is 17.1. The van der Waals surface area contributed by atoms with E-state index in [1.807, 2.05) is 6.07 Å². The second-order valence-corrected chi connectivity index (χ2v) is 7.39. The Bertz CT molecular complexity index is 869. The fourth-order valence-electron chi connectivity index (χ4n) is 2.22. The van der Waals surface area contributed by atoms with Crippen LogP contribution in [0.25, 0.3) is 6.08 Å². The number of carbonyl (C=O) groups excluding carboxylic acids is 2. The van der Waals surface area contributed by atoms with Gasteiger partial charge in [0.2, 0.25) is 0 Å². The van der Waals surface area contributed by atoms with E-state index in [4.69, 9.17) is 11.6 Å². The lowest BCUT2D eigenvalue weighted by Gasteiger charge is -2.12. The second-order valence-electron chi connectivity index (χ2n) is 5.11. The van der Waals surface area contributed by atoms with Gasteiger partial charge in [0, 0.05) is 5.02 Å². The van der Waals surface area contributed by atoms with Crippen LogP contribution in [-0.2, 0) is 11.3 Å². The topological polar surface area (TPSA) is 57.6 Å². The molecule has 122 valence electrons. The molecule has 0 saturated carbocycles. The number of aromatic hydroxyl groups is 1. The highest BCUT2D eigenvalue weighted by atomic mass is 79.9. The molecule has 0 spiro atoms. The van der Waals surface area contributed by atoms with Gasteiger partial charge in [-0.1, -0.05) is 29.8 Å². The van der Waals surface area contributed by atoms with E-state index in [0.29, 0.717) is 20.0 Å². The SMILES string of the molecule is O=C1S/C(=C\c2ccc(O)c(Br)c2)C(=O)N1Cc1cccc(Cl)c1. The molecule has 1 saturated heterocycles. The molecule has 24 heavy (non-hydrogen) atoms. The van der Waals surface area contributed by atoms with E-state index in [2.05, 4.69) is 15.9 Å². The van der Waals surface area contributed by atoms with E-state index in [0.717, 1.165) is 17.3 Å². The smallest absolute Gasteiger partial charge is 0.293 e. The highest BCUT2D eigenvalue weighted by molar-refractivity contribution is 9.10. The van der Waals surface area contributed by atoms with Crippen molar-refractivity contribution < 1.29 is 14.7 Å². The molecule has 2 aromatic carbocycles. The Morgan fingerprint density at radius 3 is 2.71 bits per heavy atom. The van der Waals surface area contributed by atoms with E-state index in [1.54, 1.807) is 36.4 Å². The molecule has 0 aromatic heterocycles. The van der Waals surface area contributed by atoms with Gasteiger partial charge in [-0.25, -0.2) is 0 Å². The van der Waals surface area contributed by atoms with Crippen molar-refractivity contribution in [3.63, 3.8) is 0 Å². The number of phenolic OH excluding ortho intramolecular Hbond substituents is 1. The van der Waals surface area contributed by atoms with Crippen LogP contribution in [-0.4, -0.2) is 21.2 Å². The molecule has 1 N–H and O–H groups in total. The lowest BCUT2D eigenvalue weighted by atomic mass is 10.2. The molecule has 0 bridgehead atoms. The van der Waals surface area contributed by atoms with Crippen LogP contribution in [0.3, 0.4) is 0 Å². The molecule has 4 nitrogen and oxygen atoms in total. The van der Waals surface area contributed by atoms with Crippen LogP contribution in [0.4, 0.5) is 4.79 Å². The molecule has 1 aliphatic rings. The van der Waals surface area contributed by atoms with Gasteiger partial charge in [0.05, 0.1) is 15.9 Å². The highest BCUT2D eigenvalue weighted by Crippen LogP contribution is 2.34. The molecule has 0 unspecified atom stereocenters. The number of hydrogen-bond acceptors (Lipinski definition) is 4. The fraction of sp³-hybridized carbons (Fsp3) is 0.0588. The summed E-state index contributed by atoms with van der Waals surface area (Å²) in [5.74, 6) is -0.226. The third-order valence-electron chi connectivity index (χ3n) is 3.37. The lowest BCUT2D eigenvalue weighted by molar-refractivity contribution is -0.123. The Hall–Kier alpha value is -1.76. The fourth-order valence-corrected chi connectivity index (χ4v) is 3.67. The van der Waals surface area contributed by atoms with Gasteiger partial charge in [-0.15, -0.1) is 0 Å². The molecule has 0 atom stereocenters. The summed E-state index contributed by atoms with van der Waals surface area (Å²) in [6.45, 7) is 0.182. The number of amides is 2. The van der Waals surface area contributed by atoms with E-state index in [1.165, 1.54) is 11.0 Å². The summed E-state index contributed by atoms with van der Waals surface area (Å²) in [6.07, 6.45) is 1.63. The number of hydrogen-bond donors (Lipinski definition) is 1. The Labute approximate surface area is 156 Å². The van der Waals surface area contributed by atoms with Gasteiger partial charge in [0.15, 0.2) is 0 Å². The number of thioether (sulfide) groups is 1. The minimum absolute atomic E-state index is 0.112. The molecule has 1 heterocycles. The third-order valence-corrected chi connectivity index (χ3v) is 5.15. The monoisotopic (exact) mass is 423 g/mol. The van der Waals surface area contributed by atoms with Gasteiger partial charge in [0.1, 0.15) is 5.75 Å². The van der Waals surface area contributed by atoms with Crippen molar-refractivity contribution in [3.8, 4) is 5.75 Å². The summed E-state index contributed by atoms with van der Waals surface area (Å²) in [7, 11) is 0. The standard InChI is InChI=1S/C17H11BrClNO3S/c18-13-7-10(4-5-14(13)21)8-15-16(22)20(17(23)24-15)9-11-2-1-3-12(19)6-11/h1-8,21H,9H2/b15-8-. The van der Waals surface area contributed by atoms with Crippen molar-refractivity contribution in [1.29, 1.82) is 0 Å². The van der Waals surface area contributed by atoms with Crippen LogP contribution in [0.5, 0.6) is 5.75 Å². The zero-order chi connectivity index (χ0) is 17.3. The van der Waals surface area contributed by atoms with E-state index >= 15 is 0 Å². The van der Waals surface area contributed by atoms with E-state index in [-0.39, 0.29) is 23.4 Å². The van der Waals surface area contributed by atoms with Crippen molar-refractivity contribution in [2.24, 2.45) is 0 Å². The van der Waals surface area contributed by atoms with E-state index in [9.17, 15) is 14.7 Å². The van der Waals surface area contributed by atoms with Crippen LogP contribution in [0.15, 0.2) is 51.8 Å². The number of phenols is 1. The summed E-state index contributed by atoms with van der Waals surface area (Å²) in [4.78, 5) is 26.2. The van der Waals surface area contributed by atoms with Gasteiger partial charge < -0.3 is 5.11 Å². The summed E-state index contributed by atoms with van der Waals surface area (Å²) in [5, 5.41) is 9.76. The quantitative estimate of drug-likeness (QED) is 0.701. The summed E-state index contributed by atoms with van der Waals surface area (Å²) in [5.41, 5.74) is 1.51. The Morgan fingerprint density at radius 1 is 1.21 bits per heavy atom. The minimum atomic E-state index is -0.339. The van der Waals surface area contributed by atoms with Gasteiger partial charge >= 0.3 is 0 Å². The van der Waals surface area contributed by atoms with Crippen LogP contribution in [0.2, 0.25) is 5.02 Å². The van der Waals surface area contributed by atoms with Crippen molar-refractivity contribution in [2.75, 3.05) is 0 Å². The molecule has 3 rings (SSSR count). The van der Waals surface area contributed by atoms with Gasteiger partial charge in [-0.3, -0.25) is 14.5 Å². The zero-order valence-electron chi connectivity index (χ0n) is 12.2. The molecule has 0 radical (unpaired) electrons. The normalized spacial score (nSPS) is 16.2. The van der Waals surface area contributed by atoms with Crippen molar-refractivity contribution in [2.45, 2.75) is 6.54 Å². The molecule has 7 heteroatoms. The van der Waals surface area contributed by atoms with Crippen LogP contribution >= 0.6 is 39.3 Å². The molecular weight excluding hydrogens is 414 g/mol. The predicted octanol–water partition coefficient (Wildman–Crippen LogP) is 5.04. The van der Waals surface area contributed by atoms with Crippen molar-refractivity contribution >= 4 is 56.5 Å². The molecule has 2 aromatic rings. The van der Waals surface area contributed by atoms with Crippen molar-refractivity contribution in [1.82, 2.24) is 4.90 Å². The Balaban J connectivity index is 1.83. The van der Waals surface area contributed by atoms with E-state index < -0.39 is 0 Å². The first-order valence-corrected chi connectivity index (χ1v) is 8.91. The third kappa shape index (κ3) is 3.66. The Morgan fingerprint density at radius 2 is 2.00 bits per heavy atom. The maximum absolute atomic E-state index is 12.5. The zero-order valence-corrected chi connectivity index (χ0v) is 15.4. The number of nitrogens with zero attached hydrogens (tertiary/aromatic N) is 1. The minimum Gasteiger partial charge on any atom is -0.507 e. The average molecular weight is 425 g/mol. The van der Waals surface area contributed by atoms with Gasteiger partial charge in [-0.05, 0) is 69.2 Å². The number of rotatable bonds is 3. The van der Waals surface area contributed by atoms with Crippen LogP contribution in [0, 0.1) is 0 Å². The van der Waals surface area contributed by atoms with Gasteiger partial charge in [0.25, 0.3) is 11.1 Å². The maximum Gasteiger partial charge on any atom is 0.293 e. The van der Waals surface area contributed by atoms with Crippen LogP contribution in [0.1, 0.15) is 11.1 Å². The summed E-state index contributed by atoms with van der Waals surface area (Å²) < 4.78 is 0.523. The first-order chi connectivity index (χ1) is 11.4.